The number of nitrogens with zero attached hydrogens (tertiary/aromatic N) is 1. The lowest BCUT2D eigenvalue weighted by molar-refractivity contribution is -0.130. The summed E-state index contributed by atoms with van der Waals surface area (Å²) in [6.07, 6.45) is 2.02. The highest BCUT2D eigenvalue weighted by molar-refractivity contribution is 5.89. The van der Waals surface area contributed by atoms with E-state index in [0.717, 1.165) is 22.4 Å². The minimum absolute atomic E-state index is 0.168. The van der Waals surface area contributed by atoms with E-state index >= 15 is 0 Å². The van der Waals surface area contributed by atoms with Crippen LogP contribution in [0.1, 0.15) is 37.0 Å². The Hall–Kier alpha value is -3.35. The van der Waals surface area contributed by atoms with Crippen molar-refractivity contribution in [2.75, 3.05) is 13.7 Å². The summed E-state index contributed by atoms with van der Waals surface area (Å²) in [6, 6.07) is 12.4. The highest BCUT2D eigenvalue weighted by Gasteiger charge is 2.22. The maximum absolute atomic E-state index is 12.6. The van der Waals surface area contributed by atoms with Gasteiger partial charge in [-0.1, -0.05) is 44.2 Å². The van der Waals surface area contributed by atoms with E-state index in [4.69, 9.17) is 9.47 Å². The van der Waals surface area contributed by atoms with E-state index in [1.54, 1.807) is 13.2 Å². The largest absolute Gasteiger partial charge is 0.496 e. The lowest BCUT2D eigenvalue weighted by atomic mass is 10.0. The molecule has 0 aliphatic rings. The molecule has 0 bridgehead atoms. The van der Waals surface area contributed by atoms with Crippen LogP contribution in [0.25, 0.3) is 0 Å². The fourth-order valence-electron chi connectivity index (χ4n) is 2.97. The lowest BCUT2D eigenvalue weighted by Crippen LogP contribution is -2.47. The number of benzene rings is 2. The smallest absolute Gasteiger partial charge is 0.262 e. The fourth-order valence-corrected chi connectivity index (χ4v) is 2.97. The number of ether oxygens (including phenoxy) is 2. The van der Waals surface area contributed by atoms with E-state index in [0.29, 0.717) is 12.2 Å². The quantitative estimate of drug-likeness (QED) is 0.451. The summed E-state index contributed by atoms with van der Waals surface area (Å²) >= 11 is 0. The van der Waals surface area contributed by atoms with Crippen LogP contribution in [0, 0.1) is 19.8 Å². The van der Waals surface area contributed by atoms with Gasteiger partial charge in [-0.2, -0.15) is 5.10 Å². The van der Waals surface area contributed by atoms with Gasteiger partial charge < -0.3 is 14.8 Å². The van der Waals surface area contributed by atoms with E-state index in [-0.39, 0.29) is 24.3 Å². The minimum Gasteiger partial charge on any atom is -0.496 e. The number of rotatable bonds is 10. The molecule has 0 fully saturated rings. The Morgan fingerprint density at radius 1 is 1.06 bits per heavy atom. The molecule has 2 aromatic rings. The van der Waals surface area contributed by atoms with Crippen LogP contribution in [0.5, 0.6) is 11.5 Å². The number of hydrazone groups is 1. The van der Waals surface area contributed by atoms with Crippen molar-refractivity contribution in [2.24, 2.45) is 11.0 Å². The van der Waals surface area contributed by atoms with Crippen molar-refractivity contribution in [3.05, 3.63) is 59.2 Å². The van der Waals surface area contributed by atoms with Crippen LogP contribution in [0.2, 0.25) is 0 Å². The first kappa shape index (κ1) is 23.9. The van der Waals surface area contributed by atoms with E-state index in [1.165, 1.54) is 6.21 Å². The van der Waals surface area contributed by atoms with Crippen molar-refractivity contribution in [3.8, 4) is 11.5 Å². The maximum Gasteiger partial charge on any atom is 0.262 e. The Kier molecular flexibility index (Phi) is 9.06. The first-order chi connectivity index (χ1) is 14.8. The second kappa shape index (κ2) is 11.7. The topological polar surface area (TPSA) is 89.0 Å². The molecule has 0 saturated heterocycles. The summed E-state index contributed by atoms with van der Waals surface area (Å²) in [6.45, 7) is 7.66. The molecule has 0 aromatic heterocycles. The number of hydrogen-bond donors (Lipinski definition) is 2. The van der Waals surface area contributed by atoms with Crippen LogP contribution >= 0.6 is 0 Å². The fraction of sp³-hybridized carbons (Fsp3) is 0.375. The number of carbonyl (C=O) groups excluding carboxylic acids is 2. The van der Waals surface area contributed by atoms with Crippen LogP contribution in [-0.4, -0.2) is 37.8 Å². The zero-order valence-electron chi connectivity index (χ0n) is 18.8. The highest BCUT2D eigenvalue weighted by Crippen LogP contribution is 2.18. The predicted octanol–water partition coefficient (Wildman–Crippen LogP) is 3.37. The highest BCUT2D eigenvalue weighted by atomic mass is 16.5. The molecule has 0 heterocycles. The van der Waals surface area contributed by atoms with Gasteiger partial charge in [-0.3, -0.25) is 9.59 Å². The lowest BCUT2D eigenvalue weighted by Gasteiger charge is -2.19. The van der Waals surface area contributed by atoms with Gasteiger partial charge in [0.1, 0.15) is 17.5 Å². The minimum atomic E-state index is -0.710. The third-order valence-electron chi connectivity index (χ3n) is 4.63. The van der Waals surface area contributed by atoms with Gasteiger partial charge in [0.15, 0.2) is 6.61 Å². The number of nitrogens with one attached hydrogen (secondary N) is 2. The molecule has 0 saturated carbocycles. The first-order valence-electron chi connectivity index (χ1n) is 10.3. The van der Waals surface area contributed by atoms with Crippen LogP contribution in [0.4, 0.5) is 0 Å². The van der Waals surface area contributed by atoms with Gasteiger partial charge in [0.2, 0.25) is 0 Å². The summed E-state index contributed by atoms with van der Waals surface area (Å²) in [7, 11) is 1.60. The molecule has 0 aliphatic carbocycles. The molecule has 7 nitrogen and oxygen atoms in total. The first-order valence-corrected chi connectivity index (χ1v) is 10.3. The van der Waals surface area contributed by atoms with Crippen LogP contribution in [-0.2, 0) is 9.59 Å². The van der Waals surface area contributed by atoms with Gasteiger partial charge in [-0.05, 0) is 55.0 Å². The number of para-hydroxylation sites is 1. The number of aryl methyl sites for hydroxylation is 2. The van der Waals surface area contributed by atoms with Gasteiger partial charge in [-0.15, -0.1) is 0 Å². The summed E-state index contributed by atoms with van der Waals surface area (Å²) in [5.74, 6) is 0.845. The summed E-state index contributed by atoms with van der Waals surface area (Å²) in [5.41, 5.74) is 5.25. The van der Waals surface area contributed by atoms with E-state index < -0.39 is 6.04 Å². The normalized spacial score (nSPS) is 11.9. The molecule has 2 aromatic carbocycles. The molecule has 1 atom stereocenters. The summed E-state index contributed by atoms with van der Waals surface area (Å²) < 4.78 is 10.9. The van der Waals surface area contributed by atoms with Crippen LogP contribution in [0.15, 0.2) is 47.6 Å². The SMILES string of the molecule is COc1cc(/C=N\NC(=O)[C@@H](CC(C)C)NC(=O)COc2ccccc2C)ccc1C. The van der Waals surface area contributed by atoms with Gasteiger partial charge in [0.25, 0.3) is 11.8 Å². The third-order valence-corrected chi connectivity index (χ3v) is 4.63. The van der Waals surface area contributed by atoms with Crippen molar-refractivity contribution < 1.29 is 19.1 Å². The van der Waals surface area contributed by atoms with Gasteiger partial charge in [0, 0.05) is 0 Å². The maximum atomic E-state index is 12.6. The molecule has 0 unspecified atom stereocenters. The van der Waals surface area contributed by atoms with Gasteiger partial charge in [0.05, 0.1) is 13.3 Å². The number of hydrogen-bond acceptors (Lipinski definition) is 5. The number of amides is 2. The Balaban J connectivity index is 1.95. The molecule has 2 N–H and O–H groups in total. The van der Waals surface area contributed by atoms with E-state index in [9.17, 15) is 9.59 Å². The van der Waals surface area contributed by atoms with Crippen molar-refractivity contribution in [2.45, 2.75) is 40.2 Å². The number of methoxy groups -OCH3 is 1. The zero-order chi connectivity index (χ0) is 22.8. The Morgan fingerprint density at radius 3 is 2.45 bits per heavy atom. The molecular weight excluding hydrogens is 394 g/mol. The molecule has 7 heteroatoms. The van der Waals surface area contributed by atoms with Gasteiger partial charge >= 0.3 is 0 Å². The monoisotopic (exact) mass is 425 g/mol. The van der Waals surface area contributed by atoms with Crippen molar-refractivity contribution in [3.63, 3.8) is 0 Å². The predicted molar refractivity (Wildman–Crippen MR) is 122 cm³/mol. The zero-order valence-corrected chi connectivity index (χ0v) is 18.8. The van der Waals surface area contributed by atoms with Crippen molar-refractivity contribution in [1.29, 1.82) is 0 Å². The van der Waals surface area contributed by atoms with Crippen molar-refractivity contribution in [1.82, 2.24) is 10.7 Å². The summed E-state index contributed by atoms with van der Waals surface area (Å²) in [4.78, 5) is 25.0. The molecule has 0 aliphatic heterocycles. The molecule has 31 heavy (non-hydrogen) atoms. The average molecular weight is 426 g/mol. The second-order valence-corrected chi connectivity index (χ2v) is 7.77. The Labute approximate surface area is 183 Å². The summed E-state index contributed by atoms with van der Waals surface area (Å²) in [5, 5.41) is 6.77. The molecule has 0 radical (unpaired) electrons. The standard InChI is InChI=1S/C24H31N3O4/c1-16(2)12-20(26-23(28)15-31-21-9-7-6-8-17(21)3)24(29)27-25-14-19-11-10-18(4)22(13-19)30-5/h6-11,13-14,16,20H,12,15H2,1-5H3,(H,26,28)(H,27,29)/b25-14-/t20-/m1/s1. The van der Waals surface area contributed by atoms with Crippen molar-refractivity contribution >= 4 is 18.0 Å². The molecule has 2 amide bonds. The van der Waals surface area contributed by atoms with Gasteiger partial charge in [-0.25, -0.2) is 5.43 Å². The van der Waals surface area contributed by atoms with E-state index in [2.05, 4.69) is 15.8 Å². The second-order valence-electron chi connectivity index (χ2n) is 7.77. The molecule has 166 valence electrons. The Bertz CT molecular complexity index is 925. The van der Waals surface area contributed by atoms with Crippen LogP contribution in [0.3, 0.4) is 0 Å². The third kappa shape index (κ3) is 7.77. The Morgan fingerprint density at radius 2 is 1.77 bits per heavy atom. The number of carbonyl (C=O) groups is 2. The molecular formula is C24H31N3O4. The average Bonchev–Trinajstić information content (AvgIpc) is 2.73. The van der Waals surface area contributed by atoms with Crippen LogP contribution < -0.4 is 20.2 Å². The van der Waals surface area contributed by atoms with E-state index in [1.807, 2.05) is 64.1 Å². The molecule has 0 spiro atoms. The molecule has 2 rings (SSSR count).